The van der Waals surface area contributed by atoms with Crippen LogP contribution in [0.1, 0.15) is 40.7 Å². The number of carbonyl (C=O) groups excluding carboxylic acids is 1. The molecule has 0 bridgehead atoms. The number of methoxy groups -OCH3 is 1. The minimum absolute atomic E-state index is 0.0219. The van der Waals surface area contributed by atoms with E-state index in [0.717, 1.165) is 24.8 Å². The van der Waals surface area contributed by atoms with Crippen LogP contribution in [0.4, 0.5) is 0 Å². The number of amides is 1. The van der Waals surface area contributed by atoms with Gasteiger partial charge in [0, 0.05) is 25.2 Å². The topological polar surface area (TPSA) is 95.9 Å². The van der Waals surface area contributed by atoms with Gasteiger partial charge in [0.2, 0.25) is 10.0 Å². The van der Waals surface area contributed by atoms with Crippen LogP contribution >= 0.6 is 0 Å². The van der Waals surface area contributed by atoms with E-state index in [1.54, 1.807) is 31.2 Å². The Morgan fingerprint density at radius 1 is 1.14 bits per heavy atom. The van der Waals surface area contributed by atoms with E-state index < -0.39 is 10.0 Å². The fourth-order valence-corrected chi connectivity index (χ4v) is 5.15. The summed E-state index contributed by atoms with van der Waals surface area (Å²) in [6.45, 7) is 2.99. The molecule has 7 nitrogen and oxygen atoms in total. The van der Waals surface area contributed by atoms with Crippen LogP contribution in [0, 0.1) is 6.92 Å². The second kappa shape index (κ2) is 8.84. The predicted octanol–water partition coefficient (Wildman–Crippen LogP) is 2.81. The van der Waals surface area contributed by atoms with E-state index in [2.05, 4.69) is 5.32 Å². The molecule has 2 aromatic rings. The molecular formula is C21H26N2O5S. The number of hydrogen-bond donors (Lipinski definition) is 2. The SMILES string of the molecule is COc1cc(CNC(=O)c2ccc(C)c(S(=O)(=O)N3CCCCC3)c2)ccc1O. The minimum Gasteiger partial charge on any atom is -0.504 e. The van der Waals surface area contributed by atoms with Crippen molar-refractivity contribution >= 4 is 15.9 Å². The zero-order valence-electron chi connectivity index (χ0n) is 16.6. The lowest BCUT2D eigenvalue weighted by Crippen LogP contribution is -2.36. The molecule has 0 unspecified atom stereocenters. The summed E-state index contributed by atoms with van der Waals surface area (Å²) in [5, 5.41) is 12.4. The molecule has 2 N–H and O–H groups in total. The fraction of sp³-hybridized carbons (Fsp3) is 0.381. The van der Waals surface area contributed by atoms with Crippen molar-refractivity contribution in [1.82, 2.24) is 9.62 Å². The average molecular weight is 419 g/mol. The highest BCUT2D eigenvalue weighted by Crippen LogP contribution is 2.27. The quantitative estimate of drug-likeness (QED) is 0.752. The molecule has 0 saturated carbocycles. The van der Waals surface area contributed by atoms with Crippen LogP contribution in [0.3, 0.4) is 0 Å². The molecule has 2 aromatic carbocycles. The van der Waals surface area contributed by atoms with Crippen molar-refractivity contribution < 1.29 is 23.1 Å². The number of aromatic hydroxyl groups is 1. The lowest BCUT2D eigenvalue weighted by Gasteiger charge is -2.26. The summed E-state index contributed by atoms with van der Waals surface area (Å²) >= 11 is 0. The van der Waals surface area contributed by atoms with Crippen LogP contribution in [0.15, 0.2) is 41.3 Å². The van der Waals surface area contributed by atoms with Crippen LogP contribution < -0.4 is 10.1 Å². The van der Waals surface area contributed by atoms with Gasteiger partial charge in [0.15, 0.2) is 11.5 Å². The second-order valence-corrected chi connectivity index (χ2v) is 9.04. The van der Waals surface area contributed by atoms with Crippen molar-refractivity contribution in [2.45, 2.75) is 37.6 Å². The van der Waals surface area contributed by atoms with Crippen LogP contribution in [-0.4, -0.2) is 43.9 Å². The number of ether oxygens (including phenoxy) is 1. The number of phenolic OH excluding ortho intramolecular Hbond substituents is 1. The Labute approximate surface area is 171 Å². The highest BCUT2D eigenvalue weighted by atomic mass is 32.2. The smallest absolute Gasteiger partial charge is 0.251 e. The maximum absolute atomic E-state index is 13.0. The third kappa shape index (κ3) is 4.71. The van der Waals surface area contributed by atoms with Crippen molar-refractivity contribution in [2.75, 3.05) is 20.2 Å². The maximum Gasteiger partial charge on any atom is 0.251 e. The fourth-order valence-electron chi connectivity index (χ4n) is 3.38. The second-order valence-electron chi connectivity index (χ2n) is 7.13. The number of carbonyl (C=O) groups is 1. The number of sulfonamides is 1. The molecule has 0 aromatic heterocycles. The Morgan fingerprint density at radius 3 is 2.55 bits per heavy atom. The van der Waals surface area contributed by atoms with Gasteiger partial charge in [-0.3, -0.25) is 4.79 Å². The number of aryl methyl sites for hydroxylation is 1. The first-order chi connectivity index (χ1) is 13.8. The molecule has 1 aliphatic rings. The molecule has 1 saturated heterocycles. The monoisotopic (exact) mass is 418 g/mol. The van der Waals surface area contributed by atoms with Crippen LogP contribution in [0.2, 0.25) is 0 Å². The highest BCUT2D eigenvalue weighted by Gasteiger charge is 2.28. The Bertz CT molecular complexity index is 998. The average Bonchev–Trinajstić information content (AvgIpc) is 2.73. The molecule has 1 heterocycles. The van der Waals surface area contributed by atoms with Crippen LogP contribution in [0.5, 0.6) is 11.5 Å². The molecule has 0 aliphatic carbocycles. The van der Waals surface area contributed by atoms with E-state index in [1.165, 1.54) is 23.5 Å². The summed E-state index contributed by atoms with van der Waals surface area (Å²) in [4.78, 5) is 12.8. The Hall–Kier alpha value is -2.58. The lowest BCUT2D eigenvalue weighted by atomic mass is 10.1. The molecule has 0 atom stereocenters. The standard InChI is InChI=1S/C21H26N2O5S/c1-15-6-8-17(13-20(15)29(26,27)23-10-4-3-5-11-23)21(25)22-14-16-7-9-18(24)19(12-16)28-2/h6-9,12-13,24H,3-5,10-11,14H2,1-2H3,(H,22,25). The van der Waals surface area contributed by atoms with Crippen LogP contribution in [-0.2, 0) is 16.6 Å². The number of piperidine rings is 1. The zero-order chi connectivity index (χ0) is 21.0. The van der Waals surface area contributed by atoms with Gasteiger partial charge in [0.25, 0.3) is 5.91 Å². The summed E-state index contributed by atoms with van der Waals surface area (Å²) in [5.74, 6) is -0.0252. The Kier molecular flexibility index (Phi) is 6.44. The molecule has 0 spiro atoms. The molecule has 1 aliphatic heterocycles. The first kappa shape index (κ1) is 21.1. The molecule has 156 valence electrons. The maximum atomic E-state index is 13.0. The van der Waals surface area contributed by atoms with Crippen molar-refractivity contribution in [3.63, 3.8) is 0 Å². The van der Waals surface area contributed by atoms with Gasteiger partial charge >= 0.3 is 0 Å². The van der Waals surface area contributed by atoms with Gasteiger partial charge in [-0.1, -0.05) is 18.6 Å². The highest BCUT2D eigenvalue weighted by molar-refractivity contribution is 7.89. The lowest BCUT2D eigenvalue weighted by molar-refractivity contribution is 0.0950. The normalized spacial score (nSPS) is 15.1. The van der Waals surface area contributed by atoms with Gasteiger partial charge in [-0.25, -0.2) is 8.42 Å². The van der Waals surface area contributed by atoms with Gasteiger partial charge < -0.3 is 15.2 Å². The van der Waals surface area contributed by atoms with Gasteiger partial charge in [0.05, 0.1) is 12.0 Å². The minimum atomic E-state index is -3.62. The number of rotatable bonds is 6. The largest absolute Gasteiger partial charge is 0.504 e. The van der Waals surface area contributed by atoms with Crippen molar-refractivity contribution in [2.24, 2.45) is 0 Å². The number of phenols is 1. The Balaban J connectivity index is 1.77. The van der Waals surface area contributed by atoms with Crippen molar-refractivity contribution in [3.05, 3.63) is 53.1 Å². The molecule has 3 rings (SSSR count). The van der Waals surface area contributed by atoms with E-state index in [4.69, 9.17) is 4.74 Å². The van der Waals surface area contributed by atoms with E-state index in [1.807, 2.05) is 0 Å². The summed E-state index contributed by atoms with van der Waals surface area (Å²) < 4.78 is 32.6. The third-order valence-electron chi connectivity index (χ3n) is 5.08. The van der Waals surface area contributed by atoms with Crippen molar-refractivity contribution in [3.8, 4) is 11.5 Å². The van der Waals surface area contributed by atoms with Gasteiger partial charge in [-0.2, -0.15) is 4.31 Å². The number of nitrogens with one attached hydrogen (secondary N) is 1. The first-order valence-corrected chi connectivity index (χ1v) is 11.0. The summed E-state index contributed by atoms with van der Waals surface area (Å²) in [5.41, 5.74) is 1.66. The number of hydrogen-bond acceptors (Lipinski definition) is 5. The third-order valence-corrected chi connectivity index (χ3v) is 7.12. The molecular weight excluding hydrogens is 392 g/mol. The molecule has 1 fully saturated rings. The molecule has 8 heteroatoms. The van der Waals surface area contributed by atoms with Gasteiger partial charge in [-0.05, 0) is 55.2 Å². The zero-order valence-corrected chi connectivity index (χ0v) is 17.5. The predicted molar refractivity (Wildman–Crippen MR) is 110 cm³/mol. The Morgan fingerprint density at radius 2 is 1.86 bits per heavy atom. The van der Waals surface area contributed by atoms with E-state index in [0.29, 0.717) is 24.4 Å². The summed E-state index contributed by atoms with van der Waals surface area (Å²) in [7, 11) is -2.17. The summed E-state index contributed by atoms with van der Waals surface area (Å²) in [6.07, 6.45) is 2.75. The number of nitrogens with zero attached hydrogens (tertiary/aromatic N) is 1. The van der Waals surface area contributed by atoms with Gasteiger partial charge in [-0.15, -0.1) is 0 Å². The van der Waals surface area contributed by atoms with Crippen molar-refractivity contribution in [1.29, 1.82) is 0 Å². The van der Waals surface area contributed by atoms with E-state index in [9.17, 15) is 18.3 Å². The van der Waals surface area contributed by atoms with Crippen LogP contribution in [0.25, 0.3) is 0 Å². The van der Waals surface area contributed by atoms with Gasteiger partial charge in [0.1, 0.15) is 0 Å². The first-order valence-electron chi connectivity index (χ1n) is 9.58. The van der Waals surface area contributed by atoms with E-state index in [-0.39, 0.29) is 28.7 Å². The molecule has 29 heavy (non-hydrogen) atoms. The molecule has 0 radical (unpaired) electrons. The summed E-state index contributed by atoms with van der Waals surface area (Å²) in [6, 6.07) is 9.55. The number of benzene rings is 2. The van der Waals surface area contributed by atoms with E-state index >= 15 is 0 Å². The molecule has 1 amide bonds.